The van der Waals surface area contributed by atoms with Crippen LogP contribution in [0.5, 0.6) is 0 Å². The van der Waals surface area contributed by atoms with Crippen molar-refractivity contribution in [3.8, 4) is 0 Å². The second-order valence-corrected chi connectivity index (χ2v) is 6.59. The fourth-order valence-corrected chi connectivity index (χ4v) is 2.69. The maximum Gasteiger partial charge on any atom is 0.254 e. The zero-order valence-electron chi connectivity index (χ0n) is 15.3. The van der Waals surface area contributed by atoms with Crippen LogP contribution >= 0.6 is 0 Å². The first-order valence-electron chi connectivity index (χ1n) is 9.15. The molecule has 1 aromatic carbocycles. The highest BCUT2D eigenvalue weighted by molar-refractivity contribution is 5.97. The second kappa shape index (κ2) is 8.48. The van der Waals surface area contributed by atoms with E-state index in [1.807, 2.05) is 19.1 Å². The first-order valence-corrected chi connectivity index (χ1v) is 9.15. The monoisotopic (exact) mass is 368 g/mol. The van der Waals surface area contributed by atoms with E-state index >= 15 is 0 Å². The van der Waals surface area contributed by atoms with Gasteiger partial charge < -0.3 is 21.7 Å². The topological polar surface area (TPSA) is 122 Å². The molecule has 0 unspecified atom stereocenters. The molecule has 1 aromatic heterocycles. The van der Waals surface area contributed by atoms with Crippen LogP contribution in [0.2, 0.25) is 0 Å². The van der Waals surface area contributed by atoms with Gasteiger partial charge in [0.1, 0.15) is 5.82 Å². The number of nitrogens with two attached hydrogens (primary N) is 1. The highest BCUT2D eigenvalue weighted by Crippen LogP contribution is 2.25. The molecule has 0 radical (unpaired) electrons. The first kappa shape index (κ1) is 18.6. The largest absolute Gasteiger partial charge is 0.367 e. The fraction of sp³-hybridized carbons (Fsp3) is 0.368. The van der Waals surface area contributed by atoms with Crippen LogP contribution in [0.1, 0.15) is 49.4 Å². The number of hydrogen-bond acceptors (Lipinski definition) is 6. The molecule has 1 aliphatic rings. The third kappa shape index (κ3) is 4.93. The number of anilines is 4. The normalized spacial score (nSPS) is 13.5. The van der Waals surface area contributed by atoms with Gasteiger partial charge in [0.15, 0.2) is 0 Å². The summed E-state index contributed by atoms with van der Waals surface area (Å²) in [5.74, 6) is 0.253. The summed E-state index contributed by atoms with van der Waals surface area (Å²) < 4.78 is 0. The third-order valence-corrected chi connectivity index (χ3v) is 4.40. The minimum Gasteiger partial charge on any atom is -0.367 e. The molecule has 1 fully saturated rings. The van der Waals surface area contributed by atoms with Gasteiger partial charge in [-0.1, -0.05) is 6.92 Å². The zero-order valence-corrected chi connectivity index (χ0v) is 15.3. The molecule has 27 heavy (non-hydrogen) atoms. The molecule has 0 atom stereocenters. The van der Waals surface area contributed by atoms with Crippen molar-refractivity contribution in [3.05, 3.63) is 36.0 Å². The lowest BCUT2D eigenvalue weighted by Gasteiger charge is -2.27. The highest BCUT2D eigenvalue weighted by atomic mass is 16.1. The first-order chi connectivity index (χ1) is 13.0. The Kier molecular flexibility index (Phi) is 5.85. The van der Waals surface area contributed by atoms with E-state index in [0.29, 0.717) is 24.2 Å². The van der Waals surface area contributed by atoms with Crippen molar-refractivity contribution in [2.75, 3.05) is 16.0 Å². The van der Waals surface area contributed by atoms with E-state index in [0.717, 1.165) is 30.6 Å². The Balaban J connectivity index is 1.70. The fourth-order valence-electron chi connectivity index (χ4n) is 2.69. The Labute approximate surface area is 158 Å². The van der Waals surface area contributed by atoms with Gasteiger partial charge in [0.2, 0.25) is 11.9 Å². The molecule has 0 bridgehead atoms. The van der Waals surface area contributed by atoms with Gasteiger partial charge in [-0.2, -0.15) is 4.98 Å². The molecule has 0 aliphatic heterocycles. The van der Waals surface area contributed by atoms with Crippen LogP contribution in [-0.4, -0.2) is 27.8 Å². The summed E-state index contributed by atoms with van der Waals surface area (Å²) in [7, 11) is 0. The maximum absolute atomic E-state index is 11.6. The third-order valence-electron chi connectivity index (χ3n) is 4.40. The van der Waals surface area contributed by atoms with Gasteiger partial charge in [-0.3, -0.25) is 9.59 Å². The molecule has 0 saturated heterocycles. The molecular formula is C19H24N6O2. The molecule has 8 heteroatoms. The van der Waals surface area contributed by atoms with Crippen molar-refractivity contribution in [2.24, 2.45) is 5.73 Å². The standard InChI is InChI=1S/C19H24N6O2/c1-2-4-16(26)22-13-7-9-14(10-8-13)24-19-21-11-15(17(20)27)18(25-19)23-12-5-3-6-12/h7-12H,2-6H2,1H3,(H2,20,27)(H,22,26)(H2,21,23,24,25). The average Bonchev–Trinajstić information content (AvgIpc) is 2.60. The predicted molar refractivity (Wildman–Crippen MR) is 105 cm³/mol. The molecule has 0 spiro atoms. The van der Waals surface area contributed by atoms with Crippen LogP contribution < -0.4 is 21.7 Å². The van der Waals surface area contributed by atoms with Crippen molar-refractivity contribution >= 4 is 35.0 Å². The van der Waals surface area contributed by atoms with Gasteiger partial charge in [0.05, 0.1) is 5.56 Å². The maximum atomic E-state index is 11.6. The molecule has 5 N–H and O–H groups in total. The number of rotatable bonds is 8. The van der Waals surface area contributed by atoms with Crippen molar-refractivity contribution in [1.29, 1.82) is 0 Å². The predicted octanol–water partition coefficient (Wildman–Crippen LogP) is 3.02. The summed E-state index contributed by atoms with van der Waals surface area (Å²) in [5.41, 5.74) is 7.20. The Bertz CT molecular complexity index is 817. The van der Waals surface area contributed by atoms with Crippen molar-refractivity contribution < 1.29 is 9.59 Å². The van der Waals surface area contributed by atoms with E-state index in [-0.39, 0.29) is 11.5 Å². The van der Waals surface area contributed by atoms with Crippen LogP contribution in [0.15, 0.2) is 30.5 Å². The quantitative estimate of drug-likeness (QED) is 0.568. The molecule has 1 heterocycles. The summed E-state index contributed by atoms with van der Waals surface area (Å²) in [4.78, 5) is 31.8. The summed E-state index contributed by atoms with van der Waals surface area (Å²) in [6.07, 6.45) is 6.00. The number of amides is 2. The van der Waals surface area contributed by atoms with Crippen LogP contribution in [0, 0.1) is 0 Å². The number of carbonyl (C=O) groups is 2. The van der Waals surface area contributed by atoms with Crippen molar-refractivity contribution in [2.45, 2.75) is 45.1 Å². The van der Waals surface area contributed by atoms with Gasteiger partial charge in [-0.25, -0.2) is 4.98 Å². The molecular weight excluding hydrogens is 344 g/mol. The summed E-state index contributed by atoms with van der Waals surface area (Å²) in [5, 5.41) is 9.19. The minimum absolute atomic E-state index is 0.00436. The summed E-state index contributed by atoms with van der Waals surface area (Å²) >= 11 is 0. The van der Waals surface area contributed by atoms with E-state index in [2.05, 4.69) is 25.9 Å². The minimum atomic E-state index is -0.560. The Morgan fingerprint density at radius 2 is 1.89 bits per heavy atom. The van der Waals surface area contributed by atoms with Gasteiger partial charge in [0.25, 0.3) is 5.91 Å². The van der Waals surface area contributed by atoms with Crippen LogP contribution in [0.25, 0.3) is 0 Å². The average molecular weight is 368 g/mol. The molecule has 3 rings (SSSR count). The Morgan fingerprint density at radius 1 is 1.19 bits per heavy atom. The van der Waals surface area contributed by atoms with E-state index in [4.69, 9.17) is 5.73 Å². The van der Waals surface area contributed by atoms with Gasteiger partial charge in [0, 0.05) is 30.0 Å². The lowest BCUT2D eigenvalue weighted by atomic mass is 9.93. The van der Waals surface area contributed by atoms with Crippen LogP contribution in [0.4, 0.5) is 23.1 Å². The lowest BCUT2D eigenvalue weighted by Crippen LogP contribution is -2.29. The lowest BCUT2D eigenvalue weighted by molar-refractivity contribution is -0.116. The van der Waals surface area contributed by atoms with E-state index in [1.54, 1.807) is 12.1 Å². The van der Waals surface area contributed by atoms with Gasteiger partial charge in [-0.15, -0.1) is 0 Å². The molecule has 8 nitrogen and oxygen atoms in total. The van der Waals surface area contributed by atoms with E-state index in [9.17, 15) is 9.59 Å². The summed E-state index contributed by atoms with van der Waals surface area (Å²) in [6.45, 7) is 1.96. The van der Waals surface area contributed by atoms with E-state index < -0.39 is 5.91 Å². The number of nitrogens with zero attached hydrogens (tertiary/aromatic N) is 2. The number of primary amides is 1. The van der Waals surface area contributed by atoms with Crippen LogP contribution in [0.3, 0.4) is 0 Å². The molecule has 1 saturated carbocycles. The van der Waals surface area contributed by atoms with Crippen LogP contribution in [-0.2, 0) is 4.79 Å². The Hall–Kier alpha value is -3.16. The number of benzene rings is 1. The number of aromatic nitrogens is 2. The van der Waals surface area contributed by atoms with E-state index in [1.165, 1.54) is 12.6 Å². The SMILES string of the molecule is CCCC(=O)Nc1ccc(Nc2ncc(C(N)=O)c(NC3CCC3)n2)cc1. The number of hydrogen-bond donors (Lipinski definition) is 4. The number of carbonyl (C=O) groups excluding carboxylic acids is 2. The van der Waals surface area contributed by atoms with Gasteiger partial charge >= 0.3 is 0 Å². The zero-order chi connectivity index (χ0) is 19.2. The second-order valence-electron chi connectivity index (χ2n) is 6.59. The highest BCUT2D eigenvalue weighted by Gasteiger charge is 2.21. The molecule has 142 valence electrons. The van der Waals surface area contributed by atoms with Crippen molar-refractivity contribution in [1.82, 2.24) is 9.97 Å². The molecule has 2 amide bonds. The smallest absolute Gasteiger partial charge is 0.254 e. The molecule has 1 aliphatic carbocycles. The van der Waals surface area contributed by atoms with Crippen molar-refractivity contribution in [3.63, 3.8) is 0 Å². The van der Waals surface area contributed by atoms with Gasteiger partial charge in [-0.05, 0) is 49.9 Å². The molecule has 2 aromatic rings. The summed E-state index contributed by atoms with van der Waals surface area (Å²) in [6, 6.07) is 7.58. The number of nitrogens with one attached hydrogen (secondary N) is 3. The Morgan fingerprint density at radius 3 is 2.48 bits per heavy atom.